The van der Waals surface area contributed by atoms with Crippen molar-refractivity contribution in [1.29, 1.82) is 0 Å². The molecule has 1 fully saturated rings. The van der Waals surface area contributed by atoms with E-state index in [9.17, 15) is 18.8 Å². The number of hydrogen-bond acceptors (Lipinski definition) is 5. The van der Waals surface area contributed by atoms with Gasteiger partial charge in [-0.2, -0.15) is 0 Å². The molecule has 0 saturated carbocycles. The van der Waals surface area contributed by atoms with Crippen molar-refractivity contribution in [3.05, 3.63) is 51.4 Å². The first kappa shape index (κ1) is 23.0. The minimum atomic E-state index is -0.822. The van der Waals surface area contributed by atoms with E-state index in [4.69, 9.17) is 4.74 Å². The lowest BCUT2D eigenvalue weighted by atomic mass is 9.76. The number of nitrogens with one attached hydrogen (secondary N) is 1. The number of amides is 3. The van der Waals surface area contributed by atoms with Crippen molar-refractivity contribution in [2.75, 3.05) is 19.1 Å². The minimum absolute atomic E-state index is 0.0383. The molecule has 6 nitrogen and oxygen atoms in total. The van der Waals surface area contributed by atoms with Crippen LogP contribution in [0.1, 0.15) is 37.0 Å². The molecule has 2 aliphatic rings. The van der Waals surface area contributed by atoms with Crippen molar-refractivity contribution in [2.45, 2.75) is 32.6 Å². The molecule has 3 amide bonds. The Hall–Kier alpha value is -3.20. The monoisotopic (exact) mass is 472 g/mol. The van der Waals surface area contributed by atoms with Gasteiger partial charge in [-0.3, -0.25) is 19.7 Å². The van der Waals surface area contributed by atoms with Crippen LogP contribution < -0.4 is 15.0 Å². The fraction of sp³-hybridized carbons (Fsp3) is 0.292. The van der Waals surface area contributed by atoms with Crippen molar-refractivity contribution in [2.24, 2.45) is 0 Å². The number of ether oxygens (including phenoxy) is 1. The highest BCUT2D eigenvalue weighted by atomic mass is 32.2. The second-order valence-corrected chi connectivity index (χ2v) is 9.73. The molecule has 172 valence electrons. The Balaban J connectivity index is 1.97. The molecule has 9 heteroatoms. The van der Waals surface area contributed by atoms with E-state index < -0.39 is 28.2 Å². The van der Waals surface area contributed by atoms with E-state index in [0.29, 0.717) is 35.0 Å². The lowest BCUT2D eigenvalue weighted by Crippen LogP contribution is -2.39. The molecule has 0 unspecified atom stereocenters. The summed E-state index contributed by atoms with van der Waals surface area (Å²) in [5.74, 6) is -2.66. The molecule has 33 heavy (non-hydrogen) atoms. The molecule has 0 aromatic heterocycles. The van der Waals surface area contributed by atoms with E-state index in [-0.39, 0.29) is 27.7 Å². The van der Waals surface area contributed by atoms with Gasteiger partial charge in [0.25, 0.3) is 11.1 Å². The third kappa shape index (κ3) is 3.80. The molecular formula is C24H22F2N2O4S. The van der Waals surface area contributed by atoms with E-state index in [1.165, 1.54) is 12.0 Å². The highest BCUT2D eigenvalue weighted by Crippen LogP contribution is 2.46. The molecule has 0 radical (unpaired) electrons. The summed E-state index contributed by atoms with van der Waals surface area (Å²) >= 11 is 0.614. The van der Waals surface area contributed by atoms with Crippen LogP contribution in [0, 0.1) is 18.6 Å². The number of aryl methyl sites for hydroxylation is 1. The molecule has 1 saturated heterocycles. The molecule has 0 bridgehead atoms. The van der Waals surface area contributed by atoms with Gasteiger partial charge in [0.15, 0.2) is 11.6 Å². The van der Waals surface area contributed by atoms with Gasteiger partial charge < -0.3 is 9.64 Å². The second-order valence-electron chi connectivity index (χ2n) is 8.72. The summed E-state index contributed by atoms with van der Waals surface area (Å²) < 4.78 is 36.0. The summed E-state index contributed by atoms with van der Waals surface area (Å²) in [6, 6.07) is 4.48. The lowest BCUT2D eigenvalue weighted by molar-refractivity contribution is -0.119. The molecule has 0 spiro atoms. The Morgan fingerprint density at radius 2 is 1.88 bits per heavy atom. The van der Waals surface area contributed by atoms with Gasteiger partial charge in [-0.15, -0.1) is 0 Å². The van der Waals surface area contributed by atoms with Crippen LogP contribution in [-0.4, -0.2) is 31.2 Å². The number of hydrogen-bond donors (Lipinski definition) is 1. The Kier molecular flexibility index (Phi) is 5.56. The zero-order chi connectivity index (χ0) is 24.2. The molecule has 2 aromatic rings. The molecule has 1 N–H and O–H groups in total. The SMILES string of the molecule is COc1c(F)cc(C=C2SC(=O)NC2=O)c(F)c1-c1cc2c(cc1C)C(C)(C)CC(=O)N2C. The van der Waals surface area contributed by atoms with E-state index in [0.717, 1.165) is 17.7 Å². The maximum absolute atomic E-state index is 15.8. The first-order chi connectivity index (χ1) is 15.4. The van der Waals surface area contributed by atoms with E-state index >= 15 is 4.39 Å². The zero-order valence-electron chi connectivity index (χ0n) is 18.8. The van der Waals surface area contributed by atoms with E-state index in [1.807, 2.05) is 19.9 Å². The molecule has 2 aromatic carbocycles. The van der Waals surface area contributed by atoms with Gasteiger partial charge >= 0.3 is 0 Å². The van der Waals surface area contributed by atoms with Crippen molar-refractivity contribution in [3.8, 4) is 16.9 Å². The summed E-state index contributed by atoms with van der Waals surface area (Å²) in [5.41, 5.74) is 1.84. The number of anilines is 1. The number of rotatable bonds is 3. The number of nitrogens with zero attached hydrogens (tertiary/aromatic N) is 1. The summed E-state index contributed by atoms with van der Waals surface area (Å²) in [5, 5.41) is 1.51. The van der Waals surface area contributed by atoms with Gasteiger partial charge in [-0.1, -0.05) is 19.9 Å². The number of halogens is 2. The van der Waals surface area contributed by atoms with Crippen LogP contribution in [0.2, 0.25) is 0 Å². The number of thioether (sulfide) groups is 1. The van der Waals surface area contributed by atoms with Gasteiger partial charge in [-0.25, -0.2) is 8.78 Å². The van der Waals surface area contributed by atoms with E-state index in [1.54, 1.807) is 20.0 Å². The lowest BCUT2D eigenvalue weighted by Gasteiger charge is -2.37. The van der Waals surface area contributed by atoms with Crippen molar-refractivity contribution in [1.82, 2.24) is 5.32 Å². The zero-order valence-corrected chi connectivity index (χ0v) is 19.6. The Morgan fingerprint density at radius 3 is 2.48 bits per heavy atom. The normalized spacial score (nSPS) is 18.6. The van der Waals surface area contributed by atoms with Crippen molar-refractivity contribution in [3.63, 3.8) is 0 Å². The van der Waals surface area contributed by atoms with Crippen LogP contribution in [0.25, 0.3) is 17.2 Å². The van der Waals surface area contributed by atoms with Crippen molar-refractivity contribution >= 4 is 40.6 Å². The molecular weight excluding hydrogens is 450 g/mol. The molecule has 2 aliphatic heterocycles. The fourth-order valence-electron chi connectivity index (χ4n) is 4.25. The highest BCUT2D eigenvalue weighted by molar-refractivity contribution is 8.18. The predicted octanol–water partition coefficient (Wildman–Crippen LogP) is 4.92. The quantitative estimate of drug-likeness (QED) is 0.642. The van der Waals surface area contributed by atoms with Gasteiger partial charge in [-0.05, 0) is 53.6 Å². The van der Waals surface area contributed by atoms with Crippen molar-refractivity contribution < 1.29 is 27.9 Å². The number of methoxy groups -OCH3 is 1. The Bertz CT molecular complexity index is 1270. The number of carbonyl (C=O) groups excluding carboxylic acids is 3. The van der Waals surface area contributed by atoms with Gasteiger partial charge in [0.05, 0.1) is 17.6 Å². The summed E-state index contributed by atoms with van der Waals surface area (Å²) in [4.78, 5) is 37.4. The third-order valence-electron chi connectivity index (χ3n) is 6.00. The van der Waals surface area contributed by atoms with Gasteiger partial charge in [0.1, 0.15) is 5.82 Å². The van der Waals surface area contributed by atoms with Gasteiger partial charge in [0, 0.05) is 30.1 Å². The number of fused-ring (bicyclic) bond motifs is 1. The maximum atomic E-state index is 15.8. The van der Waals surface area contributed by atoms with E-state index in [2.05, 4.69) is 5.32 Å². The Labute approximate surface area is 194 Å². The average molecular weight is 473 g/mol. The minimum Gasteiger partial charge on any atom is -0.493 e. The number of carbonyl (C=O) groups is 3. The van der Waals surface area contributed by atoms with Crippen LogP contribution in [0.5, 0.6) is 5.75 Å². The molecule has 0 atom stereocenters. The first-order valence-corrected chi connectivity index (χ1v) is 11.0. The topological polar surface area (TPSA) is 75.7 Å². The first-order valence-electron chi connectivity index (χ1n) is 10.2. The number of imide groups is 1. The molecule has 4 rings (SSSR count). The highest BCUT2D eigenvalue weighted by Gasteiger charge is 2.36. The Morgan fingerprint density at radius 1 is 1.18 bits per heavy atom. The maximum Gasteiger partial charge on any atom is 0.290 e. The molecule has 0 aliphatic carbocycles. The fourth-order valence-corrected chi connectivity index (χ4v) is 4.92. The predicted molar refractivity (Wildman–Crippen MR) is 123 cm³/mol. The summed E-state index contributed by atoms with van der Waals surface area (Å²) in [7, 11) is 2.89. The second kappa shape index (κ2) is 7.98. The van der Waals surface area contributed by atoms with Crippen LogP contribution >= 0.6 is 11.8 Å². The number of benzene rings is 2. The van der Waals surface area contributed by atoms with Crippen LogP contribution in [0.3, 0.4) is 0 Å². The molecule has 2 heterocycles. The smallest absolute Gasteiger partial charge is 0.290 e. The third-order valence-corrected chi connectivity index (χ3v) is 6.81. The van der Waals surface area contributed by atoms with Gasteiger partial charge in [0.2, 0.25) is 5.91 Å². The average Bonchev–Trinajstić information content (AvgIpc) is 3.05. The van der Waals surface area contributed by atoms with Crippen LogP contribution in [-0.2, 0) is 15.0 Å². The van der Waals surface area contributed by atoms with Crippen LogP contribution in [0.15, 0.2) is 23.1 Å². The summed E-state index contributed by atoms with van der Waals surface area (Å²) in [6.07, 6.45) is 1.47. The largest absolute Gasteiger partial charge is 0.493 e. The van der Waals surface area contributed by atoms with Crippen LogP contribution in [0.4, 0.5) is 19.3 Å². The summed E-state index contributed by atoms with van der Waals surface area (Å²) in [6.45, 7) is 5.72. The standard InChI is InChI=1S/C24H22F2N2O4S/c1-11-6-14-16(28(4)18(29)10-24(14,2)3)9-13(11)19-20(26)12(7-15(25)21(19)32-5)8-17-22(30)27-23(31)33-17/h6-9H,10H2,1-5H3,(H,27,30,31).